The predicted octanol–water partition coefficient (Wildman–Crippen LogP) is 1.22. The van der Waals surface area contributed by atoms with Crippen LogP contribution in [0.3, 0.4) is 0 Å². The zero-order chi connectivity index (χ0) is 15.1. The average molecular weight is 294 g/mol. The largest absolute Gasteiger partial charge is 0.481 e. The standard InChI is InChI=1S/C14H22N4O3/c19-13(20)11-3-4-12(9-11)17-14(21)16-5-1-2-7-18-8-6-15-10-18/h6,8,10-12H,1-5,7,9H2,(H,19,20)(H2,16,17,21). The maximum atomic E-state index is 11.7. The third-order valence-corrected chi connectivity index (χ3v) is 3.80. The van der Waals surface area contributed by atoms with Gasteiger partial charge < -0.3 is 20.3 Å². The minimum absolute atomic E-state index is 0.0166. The summed E-state index contributed by atoms with van der Waals surface area (Å²) in [5.74, 6) is -1.08. The van der Waals surface area contributed by atoms with Crippen LogP contribution in [-0.2, 0) is 11.3 Å². The number of nitrogens with zero attached hydrogens (tertiary/aromatic N) is 2. The molecule has 2 amide bonds. The third kappa shape index (κ3) is 5.09. The van der Waals surface area contributed by atoms with Crippen LogP contribution in [0, 0.1) is 5.92 Å². The zero-order valence-corrected chi connectivity index (χ0v) is 12.0. The number of urea groups is 1. The Bertz CT molecular complexity index is 461. The summed E-state index contributed by atoms with van der Waals surface area (Å²) in [6, 6.07) is -0.217. The molecule has 1 saturated carbocycles. The van der Waals surface area contributed by atoms with Crippen molar-refractivity contribution in [2.45, 2.75) is 44.7 Å². The molecule has 0 aliphatic heterocycles. The number of carbonyl (C=O) groups excluding carboxylic acids is 1. The number of carbonyl (C=O) groups is 2. The van der Waals surface area contributed by atoms with Crippen LogP contribution in [-0.4, -0.2) is 39.2 Å². The van der Waals surface area contributed by atoms with E-state index < -0.39 is 5.97 Å². The van der Waals surface area contributed by atoms with Crippen LogP contribution in [0.15, 0.2) is 18.7 Å². The Hall–Kier alpha value is -2.05. The number of rotatable bonds is 7. The van der Waals surface area contributed by atoms with Gasteiger partial charge in [0.2, 0.25) is 0 Å². The normalized spacial score (nSPS) is 21.1. The van der Waals surface area contributed by atoms with Crippen molar-refractivity contribution < 1.29 is 14.7 Å². The number of unbranched alkanes of at least 4 members (excludes halogenated alkanes) is 1. The van der Waals surface area contributed by atoms with E-state index in [4.69, 9.17) is 5.11 Å². The van der Waals surface area contributed by atoms with Gasteiger partial charge in [-0.1, -0.05) is 0 Å². The van der Waals surface area contributed by atoms with Crippen LogP contribution < -0.4 is 10.6 Å². The van der Waals surface area contributed by atoms with Gasteiger partial charge in [-0.2, -0.15) is 0 Å². The van der Waals surface area contributed by atoms with Crippen LogP contribution in [0.25, 0.3) is 0 Å². The molecule has 1 aliphatic carbocycles. The summed E-state index contributed by atoms with van der Waals surface area (Å²) in [7, 11) is 0. The molecule has 2 unspecified atom stereocenters. The van der Waals surface area contributed by atoms with Gasteiger partial charge in [-0.05, 0) is 32.1 Å². The Balaban J connectivity index is 1.53. The van der Waals surface area contributed by atoms with Crippen molar-refractivity contribution in [3.8, 4) is 0 Å². The molecule has 1 aromatic heterocycles. The lowest BCUT2D eigenvalue weighted by Crippen LogP contribution is -2.41. The van der Waals surface area contributed by atoms with Crippen molar-refractivity contribution in [3.05, 3.63) is 18.7 Å². The molecule has 7 nitrogen and oxygen atoms in total. The molecule has 116 valence electrons. The van der Waals surface area contributed by atoms with Crippen LogP contribution in [0.4, 0.5) is 4.79 Å². The highest BCUT2D eigenvalue weighted by Crippen LogP contribution is 2.25. The first-order valence-electron chi connectivity index (χ1n) is 7.38. The number of hydrogen-bond donors (Lipinski definition) is 3. The molecule has 7 heteroatoms. The van der Waals surface area contributed by atoms with Gasteiger partial charge in [0, 0.05) is 31.5 Å². The maximum Gasteiger partial charge on any atom is 0.315 e. The highest BCUT2D eigenvalue weighted by Gasteiger charge is 2.30. The molecule has 2 atom stereocenters. The fourth-order valence-corrected chi connectivity index (χ4v) is 2.61. The van der Waals surface area contributed by atoms with Crippen molar-refractivity contribution in [1.29, 1.82) is 0 Å². The van der Waals surface area contributed by atoms with E-state index in [2.05, 4.69) is 15.6 Å². The Kier molecular flexibility index (Phi) is 5.59. The van der Waals surface area contributed by atoms with Crippen LogP contribution in [0.5, 0.6) is 0 Å². The minimum atomic E-state index is -0.765. The molecule has 1 aliphatic rings. The van der Waals surface area contributed by atoms with Gasteiger partial charge in [-0.25, -0.2) is 9.78 Å². The van der Waals surface area contributed by atoms with Gasteiger partial charge in [-0.3, -0.25) is 4.79 Å². The van der Waals surface area contributed by atoms with Crippen LogP contribution >= 0.6 is 0 Å². The molecule has 0 radical (unpaired) electrons. The maximum absolute atomic E-state index is 11.7. The lowest BCUT2D eigenvalue weighted by Gasteiger charge is -2.13. The van der Waals surface area contributed by atoms with Gasteiger partial charge in [0.05, 0.1) is 12.2 Å². The first-order chi connectivity index (χ1) is 10.1. The number of nitrogens with one attached hydrogen (secondary N) is 2. The summed E-state index contributed by atoms with van der Waals surface area (Å²) < 4.78 is 2.00. The molecule has 1 heterocycles. The number of amides is 2. The van der Waals surface area contributed by atoms with Gasteiger partial charge in [0.25, 0.3) is 0 Å². The summed E-state index contributed by atoms with van der Waals surface area (Å²) in [5.41, 5.74) is 0. The first-order valence-corrected chi connectivity index (χ1v) is 7.38. The number of imidazole rings is 1. The SMILES string of the molecule is O=C(NCCCCn1ccnc1)NC1CCC(C(=O)O)C1. The summed E-state index contributed by atoms with van der Waals surface area (Å²) in [6.07, 6.45) is 9.23. The van der Waals surface area contributed by atoms with E-state index >= 15 is 0 Å². The van der Waals surface area contributed by atoms with Gasteiger partial charge >= 0.3 is 12.0 Å². The van der Waals surface area contributed by atoms with Crippen molar-refractivity contribution in [2.75, 3.05) is 6.54 Å². The highest BCUT2D eigenvalue weighted by atomic mass is 16.4. The fraction of sp³-hybridized carbons (Fsp3) is 0.643. The minimum Gasteiger partial charge on any atom is -0.481 e. The summed E-state index contributed by atoms with van der Waals surface area (Å²) in [5, 5.41) is 14.6. The highest BCUT2D eigenvalue weighted by molar-refractivity contribution is 5.75. The van der Waals surface area contributed by atoms with E-state index in [-0.39, 0.29) is 18.0 Å². The number of aromatic nitrogens is 2. The van der Waals surface area contributed by atoms with E-state index in [0.717, 1.165) is 25.8 Å². The second-order valence-corrected chi connectivity index (χ2v) is 5.45. The summed E-state index contributed by atoms with van der Waals surface area (Å²) in [6.45, 7) is 1.52. The fourth-order valence-electron chi connectivity index (χ4n) is 2.61. The lowest BCUT2D eigenvalue weighted by molar-refractivity contribution is -0.141. The molecule has 3 N–H and O–H groups in total. The molecule has 0 bridgehead atoms. The molecule has 0 spiro atoms. The van der Waals surface area contributed by atoms with Crippen LogP contribution in [0.2, 0.25) is 0 Å². The van der Waals surface area contributed by atoms with Crippen molar-refractivity contribution >= 4 is 12.0 Å². The van der Waals surface area contributed by atoms with E-state index in [9.17, 15) is 9.59 Å². The first kappa shape index (κ1) is 15.3. The van der Waals surface area contributed by atoms with E-state index in [1.807, 2.05) is 10.8 Å². The third-order valence-electron chi connectivity index (χ3n) is 3.80. The number of aryl methyl sites for hydroxylation is 1. The molecule has 1 aromatic rings. The monoisotopic (exact) mass is 294 g/mol. The van der Waals surface area contributed by atoms with Crippen LogP contribution in [0.1, 0.15) is 32.1 Å². The number of carboxylic acid groups (broad SMARTS) is 1. The van der Waals surface area contributed by atoms with Crippen molar-refractivity contribution in [2.24, 2.45) is 5.92 Å². The van der Waals surface area contributed by atoms with E-state index in [0.29, 0.717) is 19.4 Å². The number of hydrogen-bond acceptors (Lipinski definition) is 3. The zero-order valence-electron chi connectivity index (χ0n) is 12.0. The Labute approximate surface area is 123 Å². The lowest BCUT2D eigenvalue weighted by atomic mass is 10.1. The summed E-state index contributed by atoms with van der Waals surface area (Å²) in [4.78, 5) is 26.5. The molecule has 21 heavy (non-hydrogen) atoms. The smallest absolute Gasteiger partial charge is 0.315 e. The van der Waals surface area contributed by atoms with Gasteiger partial charge in [-0.15, -0.1) is 0 Å². The topological polar surface area (TPSA) is 96.3 Å². The van der Waals surface area contributed by atoms with Crippen molar-refractivity contribution in [3.63, 3.8) is 0 Å². The second-order valence-electron chi connectivity index (χ2n) is 5.45. The summed E-state index contributed by atoms with van der Waals surface area (Å²) >= 11 is 0. The van der Waals surface area contributed by atoms with Gasteiger partial charge in [0.15, 0.2) is 0 Å². The molecular weight excluding hydrogens is 272 g/mol. The molecule has 2 rings (SSSR count). The van der Waals surface area contributed by atoms with E-state index in [1.54, 1.807) is 12.5 Å². The second kappa shape index (κ2) is 7.66. The Morgan fingerprint density at radius 1 is 1.33 bits per heavy atom. The molecule has 0 aromatic carbocycles. The molecular formula is C14H22N4O3. The molecule has 1 fully saturated rings. The quantitative estimate of drug-likeness (QED) is 0.659. The van der Waals surface area contributed by atoms with E-state index in [1.165, 1.54) is 0 Å². The van der Waals surface area contributed by atoms with Gasteiger partial charge in [0.1, 0.15) is 0 Å². The number of aliphatic carboxylic acids is 1. The Morgan fingerprint density at radius 2 is 2.19 bits per heavy atom. The number of carboxylic acids is 1. The van der Waals surface area contributed by atoms with Crippen molar-refractivity contribution in [1.82, 2.24) is 20.2 Å². The Morgan fingerprint density at radius 3 is 2.86 bits per heavy atom. The average Bonchev–Trinajstić information content (AvgIpc) is 3.09. The molecule has 0 saturated heterocycles. The predicted molar refractivity (Wildman–Crippen MR) is 76.8 cm³/mol.